The van der Waals surface area contributed by atoms with Gasteiger partial charge in [0.1, 0.15) is 11.8 Å². The van der Waals surface area contributed by atoms with Crippen molar-refractivity contribution in [1.82, 2.24) is 9.55 Å². The van der Waals surface area contributed by atoms with Gasteiger partial charge in [0.15, 0.2) is 0 Å². The van der Waals surface area contributed by atoms with E-state index >= 15 is 0 Å². The fourth-order valence-corrected chi connectivity index (χ4v) is 1.66. The summed E-state index contributed by atoms with van der Waals surface area (Å²) >= 11 is 0. The van der Waals surface area contributed by atoms with Crippen LogP contribution in [-0.2, 0) is 13.0 Å². The van der Waals surface area contributed by atoms with Crippen LogP contribution in [0.2, 0.25) is 0 Å². The van der Waals surface area contributed by atoms with E-state index in [0.29, 0.717) is 5.69 Å². The van der Waals surface area contributed by atoms with Crippen LogP contribution in [0.15, 0.2) is 4.79 Å². The molecule has 1 N–H and O–H groups in total. The average molecular weight is 163 g/mol. The molecular formula is C8H9N3O. The van der Waals surface area contributed by atoms with Gasteiger partial charge in [-0.25, -0.2) is 4.79 Å². The van der Waals surface area contributed by atoms with E-state index in [9.17, 15) is 4.79 Å². The summed E-state index contributed by atoms with van der Waals surface area (Å²) in [5.74, 6) is 0. The number of H-pyrrole nitrogens is 1. The zero-order chi connectivity index (χ0) is 8.55. The van der Waals surface area contributed by atoms with E-state index in [-0.39, 0.29) is 5.69 Å². The number of aromatic nitrogens is 2. The van der Waals surface area contributed by atoms with Crippen molar-refractivity contribution in [2.24, 2.45) is 0 Å². The number of fused-ring (bicyclic) bond motifs is 1. The van der Waals surface area contributed by atoms with E-state index < -0.39 is 0 Å². The van der Waals surface area contributed by atoms with Crippen LogP contribution >= 0.6 is 0 Å². The lowest BCUT2D eigenvalue weighted by atomic mass is 10.1. The molecule has 0 atom stereocenters. The zero-order valence-corrected chi connectivity index (χ0v) is 6.63. The molecule has 0 fully saturated rings. The van der Waals surface area contributed by atoms with Crippen molar-refractivity contribution < 1.29 is 0 Å². The van der Waals surface area contributed by atoms with Gasteiger partial charge in [0.2, 0.25) is 0 Å². The molecule has 0 amide bonds. The maximum Gasteiger partial charge on any atom is 0.326 e. The monoisotopic (exact) mass is 163 g/mol. The Morgan fingerprint density at radius 2 is 2.33 bits per heavy atom. The predicted octanol–water partition coefficient (Wildman–Crippen LogP) is 0.384. The maximum absolute atomic E-state index is 11.2. The highest BCUT2D eigenvalue weighted by atomic mass is 16.1. The van der Waals surface area contributed by atoms with Crippen LogP contribution in [0.1, 0.15) is 24.2 Å². The molecule has 0 bridgehead atoms. The van der Waals surface area contributed by atoms with Gasteiger partial charge < -0.3 is 0 Å². The fraction of sp³-hybridized carbons (Fsp3) is 0.500. The summed E-state index contributed by atoms with van der Waals surface area (Å²) in [6, 6.07) is 2.00. The van der Waals surface area contributed by atoms with E-state index in [4.69, 9.17) is 5.26 Å². The van der Waals surface area contributed by atoms with Crippen molar-refractivity contribution in [2.45, 2.75) is 25.8 Å². The number of nitrogens with zero attached hydrogens (tertiary/aromatic N) is 2. The van der Waals surface area contributed by atoms with Crippen molar-refractivity contribution in [3.8, 4) is 6.07 Å². The van der Waals surface area contributed by atoms with Gasteiger partial charge >= 0.3 is 5.69 Å². The molecule has 0 unspecified atom stereocenters. The lowest BCUT2D eigenvalue weighted by Crippen LogP contribution is -2.21. The SMILES string of the molecule is N#Cc1[nH]c(=O)n2c1CCCC2. The molecule has 1 aromatic rings. The molecule has 0 spiro atoms. The first-order chi connectivity index (χ1) is 5.83. The molecule has 1 aromatic heterocycles. The van der Waals surface area contributed by atoms with Crippen LogP contribution in [0.4, 0.5) is 0 Å². The largest absolute Gasteiger partial charge is 0.326 e. The topological polar surface area (TPSA) is 61.6 Å². The minimum absolute atomic E-state index is 0.138. The second kappa shape index (κ2) is 2.52. The van der Waals surface area contributed by atoms with E-state index in [1.54, 1.807) is 4.57 Å². The zero-order valence-electron chi connectivity index (χ0n) is 6.63. The summed E-state index contributed by atoms with van der Waals surface area (Å²) in [5.41, 5.74) is 1.19. The third-order valence-electron chi connectivity index (χ3n) is 2.25. The van der Waals surface area contributed by atoms with Crippen molar-refractivity contribution >= 4 is 0 Å². The molecule has 4 heteroatoms. The highest BCUT2D eigenvalue weighted by Crippen LogP contribution is 2.14. The van der Waals surface area contributed by atoms with Crippen molar-refractivity contribution in [1.29, 1.82) is 5.26 Å². The first-order valence-electron chi connectivity index (χ1n) is 4.04. The lowest BCUT2D eigenvalue weighted by Gasteiger charge is -2.12. The quantitative estimate of drug-likeness (QED) is 0.601. The van der Waals surface area contributed by atoms with Crippen LogP contribution in [0.3, 0.4) is 0 Å². The Balaban J connectivity index is 2.64. The molecule has 12 heavy (non-hydrogen) atoms. The number of aromatic amines is 1. The van der Waals surface area contributed by atoms with E-state index in [2.05, 4.69) is 4.98 Å². The Bertz CT molecular complexity index is 393. The molecule has 2 rings (SSSR count). The highest BCUT2D eigenvalue weighted by molar-refractivity contribution is 5.27. The summed E-state index contributed by atoms with van der Waals surface area (Å²) in [4.78, 5) is 13.8. The van der Waals surface area contributed by atoms with Crippen molar-refractivity contribution in [3.05, 3.63) is 21.9 Å². The normalized spacial score (nSPS) is 15.2. The number of imidazole rings is 1. The van der Waals surface area contributed by atoms with Crippen LogP contribution in [0.25, 0.3) is 0 Å². The second-order valence-electron chi connectivity index (χ2n) is 2.97. The van der Waals surface area contributed by atoms with E-state index in [0.717, 1.165) is 31.5 Å². The summed E-state index contributed by atoms with van der Waals surface area (Å²) in [7, 11) is 0. The standard InChI is InChI=1S/C8H9N3O/c9-5-6-7-3-1-2-4-11(7)8(12)10-6/h1-4H2,(H,10,12). The molecule has 4 nitrogen and oxygen atoms in total. The molecule has 0 saturated carbocycles. The minimum Gasteiger partial charge on any atom is -0.297 e. The van der Waals surface area contributed by atoms with Crippen LogP contribution in [0, 0.1) is 11.3 Å². The van der Waals surface area contributed by atoms with Gasteiger partial charge in [-0.05, 0) is 19.3 Å². The molecule has 1 aliphatic rings. The van der Waals surface area contributed by atoms with Crippen LogP contribution in [-0.4, -0.2) is 9.55 Å². The Labute approximate surface area is 69.4 Å². The van der Waals surface area contributed by atoms with Crippen molar-refractivity contribution in [3.63, 3.8) is 0 Å². The minimum atomic E-state index is -0.138. The Hall–Kier alpha value is -1.50. The first-order valence-corrected chi connectivity index (χ1v) is 4.04. The molecular weight excluding hydrogens is 154 g/mol. The van der Waals surface area contributed by atoms with Gasteiger partial charge in [-0.3, -0.25) is 9.55 Å². The van der Waals surface area contributed by atoms with E-state index in [1.807, 2.05) is 6.07 Å². The van der Waals surface area contributed by atoms with Gasteiger partial charge in [0.25, 0.3) is 0 Å². The van der Waals surface area contributed by atoms with E-state index in [1.165, 1.54) is 0 Å². The molecule has 2 heterocycles. The molecule has 0 aliphatic carbocycles. The smallest absolute Gasteiger partial charge is 0.297 e. The van der Waals surface area contributed by atoms with Gasteiger partial charge in [0, 0.05) is 6.54 Å². The van der Waals surface area contributed by atoms with Gasteiger partial charge in [-0.2, -0.15) is 5.26 Å². The Kier molecular flexibility index (Phi) is 1.51. The average Bonchev–Trinajstić information content (AvgIpc) is 2.44. The highest BCUT2D eigenvalue weighted by Gasteiger charge is 2.16. The molecule has 62 valence electrons. The van der Waals surface area contributed by atoms with Crippen LogP contribution < -0.4 is 5.69 Å². The molecule has 0 radical (unpaired) electrons. The number of rotatable bonds is 0. The van der Waals surface area contributed by atoms with Gasteiger partial charge in [-0.15, -0.1) is 0 Å². The Morgan fingerprint density at radius 3 is 3.08 bits per heavy atom. The number of nitrogens with one attached hydrogen (secondary N) is 1. The summed E-state index contributed by atoms with van der Waals surface area (Å²) in [5, 5.41) is 8.67. The predicted molar refractivity (Wildman–Crippen MR) is 42.7 cm³/mol. The maximum atomic E-state index is 11.2. The van der Waals surface area contributed by atoms with Gasteiger partial charge in [0.05, 0.1) is 5.69 Å². The molecule has 1 aliphatic heterocycles. The third-order valence-corrected chi connectivity index (χ3v) is 2.25. The fourth-order valence-electron chi connectivity index (χ4n) is 1.66. The number of hydrogen-bond donors (Lipinski definition) is 1. The van der Waals surface area contributed by atoms with Gasteiger partial charge in [-0.1, -0.05) is 0 Å². The van der Waals surface area contributed by atoms with Crippen molar-refractivity contribution in [2.75, 3.05) is 0 Å². The summed E-state index contributed by atoms with van der Waals surface area (Å²) in [6.07, 6.45) is 2.96. The molecule has 0 aromatic carbocycles. The summed E-state index contributed by atoms with van der Waals surface area (Å²) < 4.78 is 1.67. The number of hydrogen-bond acceptors (Lipinski definition) is 2. The Morgan fingerprint density at radius 1 is 1.50 bits per heavy atom. The molecule has 0 saturated heterocycles. The summed E-state index contributed by atoms with van der Waals surface area (Å²) in [6.45, 7) is 0.756. The first kappa shape index (κ1) is 7.17. The third kappa shape index (κ3) is 0.866. The lowest BCUT2D eigenvalue weighted by molar-refractivity contribution is 0.520. The van der Waals surface area contributed by atoms with Crippen LogP contribution in [0.5, 0.6) is 0 Å². The number of nitriles is 1. The second-order valence-corrected chi connectivity index (χ2v) is 2.97.